The Labute approximate surface area is 77.7 Å². The molecule has 1 aromatic carbocycles. The van der Waals surface area contributed by atoms with Gasteiger partial charge in [0.1, 0.15) is 5.82 Å². The normalized spacial score (nSPS) is 13.3. The van der Waals surface area contributed by atoms with E-state index in [4.69, 9.17) is 11.5 Å². The monoisotopic (exact) mass is 182 g/mol. The van der Waals surface area contributed by atoms with Gasteiger partial charge in [0.15, 0.2) is 0 Å². The zero-order chi connectivity index (χ0) is 10.0. The highest BCUT2D eigenvalue weighted by Crippen LogP contribution is 2.22. The Bertz CT molecular complexity index is 297. The number of nitrogens with two attached hydrogens (primary N) is 2. The SMILES string of the molecule is CC(C)[C@H](N)c1ccc(F)c(N)c1. The molecule has 2 nitrogen and oxygen atoms in total. The van der Waals surface area contributed by atoms with Crippen LogP contribution in [0.15, 0.2) is 18.2 Å². The van der Waals surface area contributed by atoms with Crippen LogP contribution < -0.4 is 11.5 Å². The van der Waals surface area contributed by atoms with Crippen molar-refractivity contribution in [3.05, 3.63) is 29.6 Å². The van der Waals surface area contributed by atoms with Crippen molar-refractivity contribution in [1.29, 1.82) is 0 Å². The van der Waals surface area contributed by atoms with Crippen molar-refractivity contribution in [2.24, 2.45) is 11.7 Å². The van der Waals surface area contributed by atoms with Crippen LogP contribution in [0.3, 0.4) is 0 Å². The first-order valence-electron chi connectivity index (χ1n) is 4.33. The lowest BCUT2D eigenvalue weighted by Crippen LogP contribution is -2.16. The number of hydrogen-bond donors (Lipinski definition) is 2. The molecule has 0 aliphatic rings. The third-order valence-corrected chi connectivity index (χ3v) is 2.12. The zero-order valence-corrected chi connectivity index (χ0v) is 7.92. The molecule has 0 aliphatic carbocycles. The van der Waals surface area contributed by atoms with Gasteiger partial charge in [0.05, 0.1) is 5.69 Å². The molecule has 0 unspecified atom stereocenters. The molecule has 0 aliphatic heterocycles. The molecule has 0 bridgehead atoms. The third-order valence-electron chi connectivity index (χ3n) is 2.12. The molecule has 1 rings (SSSR count). The van der Waals surface area contributed by atoms with Crippen molar-refractivity contribution in [1.82, 2.24) is 0 Å². The van der Waals surface area contributed by atoms with E-state index in [1.54, 1.807) is 12.1 Å². The Morgan fingerprint density at radius 2 is 1.92 bits per heavy atom. The highest BCUT2D eigenvalue weighted by Gasteiger charge is 2.11. The fourth-order valence-corrected chi connectivity index (χ4v) is 1.15. The standard InChI is InChI=1S/C10H15FN2/c1-6(2)10(13)7-3-4-8(11)9(12)5-7/h3-6,10H,12-13H2,1-2H3/t10-/m0/s1. The van der Waals surface area contributed by atoms with Crippen molar-refractivity contribution < 1.29 is 4.39 Å². The summed E-state index contributed by atoms with van der Waals surface area (Å²) in [4.78, 5) is 0. The molecule has 0 spiro atoms. The molecule has 3 heteroatoms. The first-order chi connectivity index (χ1) is 6.02. The number of halogens is 1. The molecule has 0 radical (unpaired) electrons. The number of hydrogen-bond acceptors (Lipinski definition) is 2. The molecule has 1 aromatic rings. The second kappa shape index (κ2) is 3.75. The highest BCUT2D eigenvalue weighted by molar-refractivity contribution is 5.43. The fraction of sp³-hybridized carbons (Fsp3) is 0.400. The van der Waals surface area contributed by atoms with Crippen molar-refractivity contribution >= 4 is 5.69 Å². The van der Waals surface area contributed by atoms with E-state index in [9.17, 15) is 4.39 Å². The molecule has 0 saturated carbocycles. The summed E-state index contributed by atoms with van der Waals surface area (Å²) in [5, 5.41) is 0. The van der Waals surface area contributed by atoms with Crippen molar-refractivity contribution in [3.63, 3.8) is 0 Å². The summed E-state index contributed by atoms with van der Waals surface area (Å²) in [6, 6.07) is 4.55. The van der Waals surface area contributed by atoms with Crippen LogP contribution in [0.5, 0.6) is 0 Å². The average molecular weight is 182 g/mol. The minimum Gasteiger partial charge on any atom is -0.396 e. The van der Waals surface area contributed by atoms with Crippen molar-refractivity contribution in [2.45, 2.75) is 19.9 Å². The van der Waals surface area contributed by atoms with E-state index in [0.29, 0.717) is 5.92 Å². The Morgan fingerprint density at radius 3 is 2.38 bits per heavy atom. The van der Waals surface area contributed by atoms with Gasteiger partial charge in [-0.1, -0.05) is 19.9 Å². The molecule has 0 heterocycles. The summed E-state index contributed by atoms with van der Waals surface area (Å²) < 4.78 is 12.8. The van der Waals surface area contributed by atoms with E-state index >= 15 is 0 Å². The summed E-state index contributed by atoms with van der Waals surface area (Å²) in [5.74, 6) is -0.0652. The quantitative estimate of drug-likeness (QED) is 0.688. The van der Waals surface area contributed by atoms with Gasteiger partial charge in [-0.2, -0.15) is 0 Å². The molecule has 0 fully saturated rings. The van der Waals surface area contributed by atoms with Gasteiger partial charge in [0.25, 0.3) is 0 Å². The molecular formula is C10H15FN2. The molecular weight excluding hydrogens is 167 g/mol. The maximum Gasteiger partial charge on any atom is 0.146 e. The number of benzene rings is 1. The summed E-state index contributed by atoms with van der Waals surface area (Å²) in [6.45, 7) is 4.04. The van der Waals surface area contributed by atoms with E-state index in [0.717, 1.165) is 5.56 Å². The lowest BCUT2D eigenvalue weighted by molar-refractivity contribution is 0.513. The maximum atomic E-state index is 12.8. The summed E-state index contributed by atoms with van der Waals surface area (Å²) in [5.41, 5.74) is 12.4. The minimum atomic E-state index is -0.389. The molecule has 0 amide bonds. The van der Waals surface area contributed by atoms with Crippen LogP contribution in [0.25, 0.3) is 0 Å². The van der Waals surface area contributed by atoms with E-state index in [2.05, 4.69) is 0 Å². The predicted molar refractivity (Wildman–Crippen MR) is 52.6 cm³/mol. The van der Waals surface area contributed by atoms with E-state index < -0.39 is 0 Å². The van der Waals surface area contributed by atoms with Crippen molar-refractivity contribution in [2.75, 3.05) is 5.73 Å². The lowest BCUT2D eigenvalue weighted by atomic mass is 9.97. The van der Waals surface area contributed by atoms with Gasteiger partial charge in [-0.15, -0.1) is 0 Å². The lowest BCUT2D eigenvalue weighted by Gasteiger charge is -2.16. The van der Waals surface area contributed by atoms with Crippen LogP contribution in [0.1, 0.15) is 25.5 Å². The van der Waals surface area contributed by atoms with E-state index in [1.165, 1.54) is 6.07 Å². The molecule has 1 atom stereocenters. The molecule has 72 valence electrons. The first-order valence-corrected chi connectivity index (χ1v) is 4.33. The van der Waals surface area contributed by atoms with Gasteiger partial charge in [-0.05, 0) is 23.6 Å². The molecule has 13 heavy (non-hydrogen) atoms. The Hall–Kier alpha value is -1.09. The smallest absolute Gasteiger partial charge is 0.146 e. The Balaban J connectivity index is 2.97. The zero-order valence-electron chi connectivity index (χ0n) is 7.92. The summed E-state index contributed by atoms with van der Waals surface area (Å²) in [7, 11) is 0. The largest absolute Gasteiger partial charge is 0.396 e. The topological polar surface area (TPSA) is 52.0 Å². The third kappa shape index (κ3) is 2.18. The molecule has 0 aromatic heterocycles. The van der Waals surface area contributed by atoms with E-state index in [1.807, 2.05) is 13.8 Å². The second-order valence-electron chi connectivity index (χ2n) is 3.55. The number of nitrogen functional groups attached to an aromatic ring is 1. The molecule has 4 N–H and O–H groups in total. The van der Waals surface area contributed by atoms with Crippen LogP contribution in [-0.4, -0.2) is 0 Å². The maximum absolute atomic E-state index is 12.8. The summed E-state index contributed by atoms with van der Waals surface area (Å²) in [6.07, 6.45) is 0. The van der Waals surface area contributed by atoms with Crippen LogP contribution >= 0.6 is 0 Å². The second-order valence-corrected chi connectivity index (χ2v) is 3.55. The summed E-state index contributed by atoms with van der Waals surface area (Å²) >= 11 is 0. The van der Waals surface area contributed by atoms with Gasteiger partial charge in [0.2, 0.25) is 0 Å². The minimum absolute atomic E-state index is 0.0806. The van der Waals surface area contributed by atoms with Crippen LogP contribution in [0.4, 0.5) is 10.1 Å². The predicted octanol–water partition coefficient (Wildman–Crippen LogP) is 2.06. The fourth-order valence-electron chi connectivity index (χ4n) is 1.15. The van der Waals surface area contributed by atoms with Crippen LogP contribution in [-0.2, 0) is 0 Å². The van der Waals surface area contributed by atoms with Gasteiger partial charge < -0.3 is 11.5 Å². The van der Waals surface area contributed by atoms with Gasteiger partial charge >= 0.3 is 0 Å². The average Bonchev–Trinajstić information content (AvgIpc) is 2.08. The van der Waals surface area contributed by atoms with Gasteiger partial charge in [-0.3, -0.25) is 0 Å². The Kier molecular flexibility index (Phi) is 2.88. The molecule has 0 saturated heterocycles. The van der Waals surface area contributed by atoms with Crippen LogP contribution in [0, 0.1) is 11.7 Å². The van der Waals surface area contributed by atoms with Gasteiger partial charge in [-0.25, -0.2) is 4.39 Å². The van der Waals surface area contributed by atoms with Crippen LogP contribution in [0.2, 0.25) is 0 Å². The number of anilines is 1. The van der Waals surface area contributed by atoms with Gasteiger partial charge in [0, 0.05) is 6.04 Å². The van der Waals surface area contributed by atoms with E-state index in [-0.39, 0.29) is 17.5 Å². The highest BCUT2D eigenvalue weighted by atomic mass is 19.1. The first kappa shape index (κ1) is 9.99. The van der Waals surface area contributed by atoms with Crippen molar-refractivity contribution in [3.8, 4) is 0 Å². The Morgan fingerprint density at radius 1 is 1.31 bits per heavy atom. The number of rotatable bonds is 2.